The maximum absolute atomic E-state index is 13.5. The van der Waals surface area contributed by atoms with E-state index < -0.39 is 11.9 Å². The van der Waals surface area contributed by atoms with Crippen LogP contribution in [0, 0.1) is 5.92 Å². The largest absolute Gasteiger partial charge is 0.462 e. The van der Waals surface area contributed by atoms with Crippen LogP contribution in [0.1, 0.15) is 56.6 Å². The van der Waals surface area contributed by atoms with Crippen molar-refractivity contribution in [3.05, 3.63) is 93.3 Å². The molecule has 166 valence electrons. The molecule has 2 aliphatic rings. The van der Waals surface area contributed by atoms with Crippen LogP contribution in [0.25, 0.3) is 0 Å². The van der Waals surface area contributed by atoms with Crippen molar-refractivity contribution >= 4 is 23.4 Å². The van der Waals surface area contributed by atoms with E-state index in [0.717, 1.165) is 22.5 Å². The Balaban J connectivity index is 1.77. The molecule has 1 aliphatic carbocycles. The smallest absolute Gasteiger partial charge is 0.336 e. The van der Waals surface area contributed by atoms with E-state index in [1.807, 2.05) is 57.2 Å². The fourth-order valence-electron chi connectivity index (χ4n) is 4.61. The number of ketones is 1. The Hall–Kier alpha value is -2.85. The van der Waals surface area contributed by atoms with E-state index >= 15 is 0 Å². The number of carbonyl (C=O) groups is 2. The Bertz CT molecular complexity index is 1100. The van der Waals surface area contributed by atoms with Crippen LogP contribution < -0.4 is 5.32 Å². The van der Waals surface area contributed by atoms with Gasteiger partial charge in [-0.2, -0.15) is 0 Å². The molecule has 2 atom stereocenters. The minimum atomic E-state index is -0.492. The summed E-state index contributed by atoms with van der Waals surface area (Å²) in [5.74, 6) is -0.498. The van der Waals surface area contributed by atoms with E-state index in [1.54, 1.807) is 6.07 Å². The highest BCUT2D eigenvalue weighted by Gasteiger charge is 2.41. The molecule has 0 unspecified atom stereocenters. The second-order valence-electron chi connectivity index (χ2n) is 8.98. The number of benzene rings is 2. The van der Waals surface area contributed by atoms with E-state index in [4.69, 9.17) is 16.3 Å². The van der Waals surface area contributed by atoms with Crippen molar-refractivity contribution < 1.29 is 14.3 Å². The zero-order chi connectivity index (χ0) is 22.8. The molecule has 0 saturated carbocycles. The molecule has 0 bridgehead atoms. The number of hydrogen-bond donors (Lipinski definition) is 1. The summed E-state index contributed by atoms with van der Waals surface area (Å²) < 4.78 is 5.60. The van der Waals surface area contributed by atoms with Crippen molar-refractivity contribution in [2.24, 2.45) is 5.92 Å². The minimum absolute atomic E-state index is 0.0549. The number of nitrogens with one attached hydrogen (secondary N) is 1. The van der Waals surface area contributed by atoms with E-state index in [1.165, 1.54) is 0 Å². The molecule has 4 nitrogen and oxygen atoms in total. The van der Waals surface area contributed by atoms with E-state index in [0.29, 0.717) is 35.6 Å². The van der Waals surface area contributed by atoms with Crippen molar-refractivity contribution in [3.8, 4) is 0 Å². The molecule has 1 N–H and O–H groups in total. The predicted molar refractivity (Wildman–Crippen MR) is 126 cm³/mol. The van der Waals surface area contributed by atoms with Crippen LogP contribution in [-0.2, 0) is 14.3 Å². The maximum atomic E-state index is 13.5. The Morgan fingerprint density at radius 1 is 1.09 bits per heavy atom. The number of Topliss-reactive ketones (excluding diaryl/α,β-unsaturated/α-hetero) is 1. The SMILES string of the molecule is CC1=C(C(=O)OCC(C)C)[C@@H](c2cccc(Cl)c2)C2=C(C[C@H](c3ccccc3)CC2=O)N1. The molecule has 1 heterocycles. The Labute approximate surface area is 194 Å². The molecule has 4 rings (SSSR count). The summed E-state index contributed by atoms with van der Waals surface area (Å²) in [5, 5.41) is 3.96. The van der Waals surface area contributed by atoms with Gasteiger partial charge < -0.3 is 10.1 Å². The first kappa shape index (κ1) is 22.3. The van der Waals surface area contributed by atoms with Crippen LogP contribution in [0.5, 0.6) is 0 Å². The highest BCUT2D eigenvalue weighted by atomic mass is 35.5. The van der Waals surface area contributed by atoms with Crippen LogP contribution in [0.3, 0.4) is 0 Å². The van der Waals surface area contributed by atoms with Crippen LogP contribution in [0.2, 0.25) is 5.02 Å². The number of allylic oxidation sites excluding steroid dienone is 3. The van der Waals surface area contributed by atoms with Gasteiger partial charge in [-0.3, -0.25) is 4.79 Å². The van der Waals surface area contributed by atoms with Gasteiger partial charge in [0.1, 0.15) is 0 Å². The third-order valence-electron chi connectivity index (χ3n) is 6.05. The van der Waals surface area contributed by atoms with E-state index in [9.17, 15) is 9.59 Å². The van der Waals surface area contributed by atoms with Gasteiger partial charge >= 0.3 is 5.97 Å². The fraction of sp³-hybridized carbons (Fsp3) is 0.333. The second-order valence-corrected chi connectivity index (χ2v) is 9.41. The van der Waals surface area contributed by atoms with Crippen LogP contribution >= 0.6 is 11.6 Å². The highest BCUT2D eigenvalue weighted by molar-refractivity contribution is 6.30. The van der Waals surface area contributed by atoms with Crippen molar-refractivity contribution in [1.29, 1.82) is 0 Å². The molecule has 5 heteroatoms. The Morgan fingerprint density at radius 2 is 1.81 bits per heavy atom. The Morgan fingerprint density at radius 3 is 2.50 bits per heavy atom. The van der Waals surface area contributed by atoms with E-state index in [2.05, 4.69) is 17.4 Å². The van der Waals surface area contributed by atoms with Gasteiger partial charge in [0, 0.05) is 34.3 Å². The minimum Gasteiger partial charge on any atom is -0.462 e. The number of ether oxygens (including phenoxy) is 1. The summed E-state index contributed by atoms with van der Waals surface area (Å²) in [4.78, 5) is 26.7. The quantitative estimate of drug-likeness (QED) is 0.577. The van der Waals surface area contributed by atoms with E-state index in [-0.39, 0.29) is 17.6 Å². The molecule has 2 aromatic carbocycles. The summed E-state index contributed by atoms with van der Waals surface area (Å²) in [5.41, 5.74) is 4.73. The molecular weight excluding hydrogens is 422 g/mol. The predicted octanol–water partition coefficient (Wildman–Crippen LogP) is 5.90. The third-order valence-corrected chi connectivity index (χ3v) is 6.28. The molecule has 0 spiro atoms. The molecule has 0 aromatic heterocycles. The number of carbonyl (C=O) groups excluding carboxylic acids is 2. The number of hydrogen-bond acceptors (Lipinski definition) is 4. The topological polar surface area (TPSA) is 55.4 Å². The van der Waals surface area contributed by atoms with Gasteiger partial charge in [0.25, 0.3) is 0 Å². The average molecular weight is 450 g/mol. The van der Waals surface area contributed by atoms with Crippen LogP contribution in [-0.4, -0.2) is 18.4 Å². The summed E-state index contributed by atoms with van der Waals surface area (Å²) in [6.07, 6.45) is 1.13. The zero-order valence-corrected chi connectivity index (χ0v) is 19.4. The van der Waals surface area contributed by atoms with Crippen molar-refractivity contribution in [1.82, 2.24) is 5.32 Å². The maximum Gasteiger partial charge on any atom is 0.336 e. The average Bonchev–Trinajstić information content (AvgIpc) is 2.77. The lowest BCUT2D eigenvalue weighted by molar-refractivity contribution is -0.140. The van der Waals surface area contributed by atoms with Crippen molar-refractivity contribution in [2.45, 2.75) is 45.4 Å². The van der Waals surface area contributed by atoms with Crippen molar-refractivity contribution in [3.63, 3.8) is 0 Å². The first-order valence-corrected chi connectivity index (χ1v) is 11.4. The van der Waals surface area contributed by atoms with Gasteiger partial charge in [0.05, 0.1) is 12.2 Å². The number of esters is 1. The third kappa shape index (κ3) is 4.51. The first-order valence-electron chi connectivity index (χ1n) is 11.1. The molecule has 32 heavy (non-hydrogen) atoms. The molecule has 0 fully saturated rings. The molecule has 2 aromatic rings. The second kappa shape index (κ2) is 9.33. The molecule has 0 radical (unpaired) electrons. The van der Waals surface area contributed by atoms with Crippen molar-refractivity contribution in [2.75, 3.05) is 6.61 Å². The van der Waals surface area contributed by atoms with Gasteiger partial charge in [-0.15, -0.1) is 0 Å². The first-order chi connectivity index (χ1) is 15.3. The lowest BCUT2D eigenvalue weighted by atomic mass is 9.72. The summed E-state index contributed by atoms with van der Waals surface area (Å²) in [7, 11) is 0. The summed E-state index contributed by atoms with van der Waals surface area (Å²) >= 11 is 6.30. The summed E-state index contributed by atoms with van der Waals surface area (Å²) in [6.45, 7) is 6.20. The van der Waals surface area contributed by atoms with Crippen LogP contribution in [0.4, 0.5) is 0 Å². The fourth-order valence-corrected chi connectivity index (χ4v) is 4.81. The number of halogens is 1. The number of rotatable bonds is 5. The summed E-state index contributed by atoms with van der Waals surface area (Å²) in [6, 6.07) is 17.5. The monoisotopic (exact) mass is 449 g/mol. The van der Waals surface area contributed by atoms with Gasteiger partial charge in [-0.05, 0) is 48.4 Å². The molecule has 0 saturated heterocycles. The van der Waals surface area contributed by atoms with Crippen LogP contribution in [0.15, 0.2) is 77.1 Å². The standard InChI is InChI=1S/C27H28ClNO3/c1-16(2)15-32-27(31)24-17(3)29-22-13-20(18-8-5-4-6-9-18)14-23(30)26(22)25(24)19-10-7-11-21(28)12-19/h4-12,16,20,25,29H,13-15H2,1-3H3/t20-,25+/m0/s1. The lowest BCUT2D eigenvalue weighted by Crippen LogP contribution is -2.36. The lowest BCUT2D eigenvalue weighted by Gasteiger charge is -2.36. The molecule has 0 amide bonds. The molecule has 1 aliphatic heterocycles. The number of dihydropyridines is 1. The van der Waals surface area contributed by atoms with Gasteiger partial charge in [-0.25, -0.2) is 4.79 Å². The highest BCUT2D eigenvalue weighted by Crippen LogP contribution is 2.46. The van der Waals surface area contributed by atoms with Gasteiger partial charge in [-0.1, -0.05) is 67.9 Å². The van der Waals surface area contributed by atoms with Gasteiger partial charge in [0.15, 0.2) is 5.78 Å². The molecular formula is C27H28ClNO3. The van der Waals surface area contributed by atoms with Gasteiger partial charge in [0.2, 0.25) is 0 Å². The zero-order valence-electron chi connectivity index (χ0n) is 18.7. The Kier molecular flexibility index (Phi) is 6.52. The normalized spacial score (nSPS) is 20.8.